The minimum atomic E-state index is -0.372. The summed E-state index contributed by atoms with van der Waals surface area (Å²) in [6.45, 7) is 6.05. The Kier molecular flexibility index (Phi) is 9.10. The van der Waals surface area contributed by atoms with E-state index < -0.39 is 0 Å². The van der Waals surface area contributed by atoms with Crippen LogP contribution in [0.5, 0.6) is 0 Å². The Bertz CT molecular complexity index is 570. The Labute approximate surface area is 143 Å². The maximum absolute atomic E-state index is 11.9. The van der Waals surface area contributed by atoms with Crippen molar-refractivity contribution in [1.82, 2.24) is 4.72 Å². The largest absolute Gasteiger partial charge is 0.468 e. The van der Waals surface area contributed by atoms with Gasteiger partial charge in [-0.1, -0.05) is 61.9 Å². The molecule has 0 saturated carbocycles. The molecule has 1 atom stereocenters. The number of esters is 1. The number of aryl methyl sites for hydroxylation is 1. The first kappa shape index (κ1) is 19.3. The molecule has 124 valence electrons. The molecule has 2 rings (SSSR count). The molecule has 0 fully saturated rings. The highest BCUT2D eigenvalue weighted by Gasteiger charge is 2.19. The second-order valence-corrected chi connectivity index (χ2v) is 5.71. The zero-order valence-corrected chi connectivity index (χ0v) is 15.0. The first-order chi connectivity index (χ1) is 11.2. The highest BCUT2D eigenvalue weighted by atomic mass is 32.2. The molecule has 1 N–H and O–H groups in total. The van der Waals surface area contributed by atoms with E-state index in [0.29, 0.717) is 6.42 Å². The lowest BCUT2D eigenvalue weighted by Crippen LogP contribution is -2.35. The Balaban J connectivity index is 0.00000127. The summed E-state index contributed by atoms with van der Waals surface area (Å²) >= 11 is 1.44. The Hall–Kier alpha value is -1.78. The molecule has 0 saturated heterocycles. The third kappa shape index (κ3) is 6.89. The highest BCUT2D eigenvalue weighted by Crippen LogP contribution is 2.16. The second kappa shape index (κ2) is 10.9. The van der Waals surface area contributed by atoms with E-state index in [4.69, 9.17) is 4.74 Å². The zero-order valence-electron chi connectivity index (χ0n) is 14.2. The van der Waals surface area contributed by atoms with Gasteiger partial charge in [-0.05, 0) is 43.0 Å². The van der Waals surface area contributed by atoms with Gasteiger partial charge in [0.05, 0.1) is 7.11 Å². The van der Waals surface area contributed by atoms with E-state index in [1.165, 1.54) is 24.6 Å². The van der Waals surface area contributed by atoms with Crippen LogP contribution in [0.15, 0.2) is 59.5 Å². The summed E-state index contributed by atoms with van der Waals surface area (Å²) in [6, 6.07) is 17.7. The van der Waals surface area contributed by atoms with Gasteiger partial charge in [0.2, 0.25) is 0 Å². The van der Waals surface area contributed by atoms with Crippen LogP contribution in [0.25, 0.3) is 0 Å². The lowest BCUT2D eigenvalue weighted by Gasteiger charge is -2.16. The third-order valence-electron chi connectivity index (χ3n) is 3.11. The van der Waals surface area contributed by atoms with Crippen LogP contribution in [-0.4, -0.2) is 19.1 Å². The number of benzene rings is 2. The lowest BCUT2D eigenvalue weighted by molar-refractivity contribution is -0.142. The molecule has 4 heteroatoms. The Morgan fingerprint density at radius 1 is 1.09 bits per heavy atom. The number of carbonyl (C=O) groups excluding carboxylic acids is 1. The molecule has 0 aromatic heterocycles. The van der Waals surface area contributed by atoms with Crippen molar-refractivity contribution in [1.29, 1.82) is 0 Å². The standard InChI is InChI=1S/C17H19NO2S.C2H6/c1-13-8-10-14(11-9-13)12-16(17(19)20-2)18-21-15-6-4-3-5-7-15;1-2/h3-11,16,18H,12H2,1-2H3;1-2H3. The molecule has 1 unspecified atom stereocenters. The maximum atomic E-state index is 11.9. The molecule has 0 aliphatic rings. The van der Waals surface area contributed by atoms with Crippen LogP contribution in [-0.2, 0) is 16.0 Å². The summed E-state index contributed by atoms with van der Waals surface area (Å²) in [5.74, 6) is -0.251. The van der Waals surface area contributed by atoms with E-state index in [-0.39, 0.29) is 12.0 Å². The minimum absolute atomic E-state index is 0.251. The van der Waals surface area contributed by atoms with Crippen LogP contribution in [0.3, 0.4) is 0 Å². The quantitative estimate of drug-likeness (QED) is 0.629. The predicted octanol–water partition coefficient (Wildman–Crippen LogP) is 4.40. The molecule has 0 radical (unpaired) electrons. The van der Waals surface area contributed by atoms with Crippen LogP contribution in [0.1, 0.15) is 25.0 Å². The third-order valence-corrected chi connectivity index (χ3v) is 4.02. The van der Waals surface area contributed by atoms with Crippen LogP contribution in [0, 0.1) is 6.92 Å². The van der Waals surface area contributed by atoms with Crippen LogP contribution in [0.4, 0.5) is 0 Å². The van der Waals surface area contributed by atoms with Gasteiger partial charge in [-0.25, -0.2) is 4.72 Å². The fourth-order valence-corrected chi connectivity index (χ4v) is 2.65. The van der Waals surface area contributed by atoms with Crippen molar-refractivity contribution < 1.29 is 9.53 Å². The van der Waals surface area contributed by atoms with Gasteiger partial charge in [0.25, 0.3) is 0 Å². The number of hydrogen-bond donors (Lipinski definition) is 1. The normalized spacial score (nSPS) is 11.1. The van der Waals surface area contributed by atoms with Crippen molar-refractivity contribution in [2.45, 2.75) is 38.1 Å². The van der Waals surface area contributed by atoms with Crippen molar-refractivity contribution in [3.8, 4) is 0 Å². The van der Waals surface area contributed by atoms with Gasteiger partial charge in [0.1, 0.15) is 6.04 Å². The molecule has 2 aromatic rings. The number of hydrogen-bond acceptors (Lipinski definition) is 4. The van der Waals surface area contributed by atoms with E-state index in [9.17, 15) is 4.79 Å². The summed E-state index contributed by atoms with van der Waals surface area (Å²) in [7, 11) is 1.42. The molecule has 3 nitrogen and oxygen atoms in total. The summed E-state index contributed by atoms with van der Waals surface area (Å²) in [6.07, 6.45) is 0.604. The van der Waals surface area contributed by atoms with Gasteiger partial charge in [0, 0.05) is 4.90 Å². The molecule has 0 aliphatic carbocycles. The summed E-state index contributed by atoms with van der Waals surface area (Å²) in [5.41, 5.74) is 2.32. The molecule has 2 aromatic carbocycles. The lowest BCUT2D eigenvalue weighted by atomic mass is 10.1. The topological polar surface area (TPSA) is 38.3 Å². The van der Waals surface area contributed by atoms with Crippen molar-refractivity contribution in [3.05, 3.63) is 65.7 Å². The smallest absolute Gasteiger partial charge is 0.324 e. The van der Waals surface area contributed by atoms with E-state index in [1.54, 1.807) is 0 Å². The fourth-order valence-electron chi connectivity index (χ4n) is 1.90. The SMILES string of the molecule is CC.COC(=O)C(Cc1ccc(C)cc1)NSc1ccccc1. The van der Waals surface area contributed by atoms with Gasteiger partial charge in [-0.15, -0.1) is 0 Å². The van der Waals surface area contributed by atoms with Gasteiger partial charge < -0.3 is 4.74 Å². The molecule has 0 heterocycles. The second-order valence-electron chi connectivity index (χ2n) is 4.80. The molecule has 0 amide bonds. The summed E-state index contributed by atoms with van der Waals surface area (Å²) in [4.78, 5) is 13.0. The number of carbonyl (C=O) groups is 1. The molecule has 0 bridgehead atoms. The number of ether oxygens (including phenoxy) is 1. The van der Waals surface area contributed by atoms with Gasteiger partial charge in [0.15, 0.2) is 0 Å². The average Bonchev–Trinajstić information content (AvgIpc) is 2.62. The first-order valence-electron chi connectivity index (χ1n) is 7.80. The van der Waals surface area contributed by atoms with Gasteiger partial charge >= 0.3 is 5.97 Å². The fraction of sp³-hybridized carbons (Fsp3) is 0.316. The first-order valence-corrected chi connectivity index (χ1v) is 8.61. The molecule has 23 heavy (non-hydrogen) atoms. The number of methoxy groups -OCH3 is 1. The van der Waals surface area contributed by atoms with E-state index in [1.807, 2.05) is 75.4 Å². The van der Waals surface area contributed by atoms with Crippen LogP contribution < -0.4 is 4.72 Å². The molecule has 0 spiro atoms. The number of rotatable bonds is 6. The average molecular weight is 331 g/mol. The Morgan fingerprint density at radius 2 is 1.70 bits per heavy atom. The van der Waals surface area contributed by atoms with E-state index in [2.05, 4.69) is 4.72 Å². The number of nitrogens with one attached hydrogen (secondary N) is 1. The van der Waals surface area contributed by atoms with Crippen molar-refractivity contribution in [2.75, 3.05) is 7.11 Å². The van der Waals surface area contributed by atoms with Crippen molar-refractivity contribution in [3.63, 3.8) is 0 Å². The molecular weight excluding hydrogens is 306 g/mol. The van der Waals surface area contributed by atoms with E-state index >= 15 is 0 Å². The minimum Gasteiger partial charge on any atom is -0.468 e. The Morgan fingerprint density at radius 3 is 2.26 bits per heavy atom. The van der Waals surface area contributed by atoms with Gasteiger partial charge in [-0.2, -0.15) is 0 Å². The summed E-state index contributed by atoms with van der Waals surface area (Å²) < 4.78 is 8.07. The molecule has 0 aliphatic heterocycles. The van der Waals surface area contributed by atoms with Crippen molar-refractivity contribution in [2.24, 2.45) is 0 Å². The van der Waals surface area contributed by atoms with Crippen LogP contribution in [0.2, 0.25) is 0 Å². The van der Waals surface area contributed by atoms with Crippen molar-refractivity contribution >= 4 is 17.9 Å². The van der Waals surface area contributed by atoms with E-state index in [0.717, 1.165) is 10.5 Å². The zero-order chi connectivity index (χ0) is 17.1. The molecular formula is C19H25NO2S. The van der Waals surface area contributed by atoms with Gasteiger partial charge in [-0.3, -0.25) is 4.79 Å². The van der Waals surface area contributed by atoms with Crippen LogP contribution >= 0.6 is 11.9 Å². The monoisotopic (exact) mass is 331 g/mol. The predicted molar refractivity (Wildman–Crippen MR) is 97.5 cm³/mol. The maximum Gasteiger partial charge on any atom is 0.324 e. The highest BCUT2D eigenvalue weighted by molar-refractivity contribution is 7.97. The summed E-state index contributed by atoms with van der Waals surface area (Å²) in [5, 5.41) is 0.